The van der Waals surface area contributed by atoms with E-state index in [1.165, 1.54) is 38.5 Å². The Kier molecular flexibility index (Phi) is 9.55. The van der Waals surface area contributed by atoms with Crippen molar-refractivity contribution in [2.24, 2.45) is 0 Å². The van der Waals surface area contributed by atoms with Gasteiger partial charge in [-0.25, -0.2) is 0 Å². The normalized spacial score (nSPS) is 10.3. The molecule has 0 saturated heterocycles. The largest absolute Gasteiger partial charge is 0.295 e. The summed E-state index contributed by atoms with van der Waals surface area (Å²) >= 11 is 0. The first-order valence-electron chi connectivity index (χ1n) is 6.16. The lowest BCUT2D eigenvalue weighted by Crippen LogP contribution is -1.97. The van der Waals surface area contributed by atoms with Crippen LogP contribution in [0.25, 0.3) is 0 Å². The van der Waals surface area contributed by atoms with Crippen molar-refractivity contribution >= 4 is 5.78 Å². The van der Waals surface area contributed by atoms with E-state index in [1.807, 2.05) is 0 Å². The quantitative estimate of drug-likeness (QED) is 0.383. The van der Waals surface area contributed by atoms with Crippen molar-refractivity contribution in [3.8, 4) is 0 Å². The summed E-state index contributed by atoms with van der Waals surface area (Å²) in [6.45, 7) is 9.26. The molecule has 0 heterocycles. The number of Topliss-reactive ketones (excluding diaryl/α,β-unsaturated/α-hetero) is 1. The summed E-state index contributed by atoms with van der Waals surface area (Å²) in [5.74, 6) is 0.229. The summed E-state index contributed by atoms with van der Waals surface area (Å²) in [5.41, 5.74) is 0.699. The fourth-order valence-corrected chi connectivity index (χ4v) is 1.56. The van der Waals surface area contributed by atoms with Gasteiger partial charge < -0.3 is 0 Å². The van der Waals surface area contributed by atoms with E-state index in [4.69, 9.17) is 0 Å². The van der Waals surface area contributed by atoms with Crippen LogP contribution in [0, 0.1) is 6.92 Å². The van der Waals surface area contributed by atoms with Gasteiger partial charge in [0, 0.05) is 6.42 Å². The van der Waals surface area contributed by atoms with Crippen molar-refractivity contribution in [2.75, 3.05) is 0 Å². The van der Waals surface area contributed by atoms with Crippen LogP contribution in [-0.2, 0) is 4.79 Å². The second-order valence-corrected chi connectivity index (χ2v) is 4.28. The molecule has 0 amide bonds. The Balaban J connectivity index is 3.11. The summed E-state index contributed by atoms with van der Waals surface area (Å²) in [7, 11) is 0. The van der Waals surface area contributed by atoms with Crippen LogP contribution in [0.3, 0.4) is 0 Å². The Bertz CT molecular complexity index is 182. The molecule has 0 fully saturated rings. The lowest BCUT2D eigenvalue weighted by atomic mass is 10.0. The summed E-state index contributed by atoms with van der Waals surface area (Å²) in [6, 6.07) is 0. The van der Waals surface area contributed by atoms with Crippen molar-refractivity contribution in [3.63, 3.8) is 0 Å². The lowest BCUT2D eigenvalue weighted by molar-refractivity contribution is -0.115. The molecule has 0 aliphatic rings. The second-order valence-electron chi connectivity index (χ2n) is 4.28. The topological polar surface area (TPSA) is 17.1 Å². The van der Waals surface area contributed by atoms with Crippen molar-refractivity contribution in [2.45, 2.75) is 64.7 Å². The van der Waals surface area contributed by atoms with Gasteiger partial charge in [-0.2, -0.15) is 0 Å². The van der Waals surface area contributed by atoms with E-state index in [-0.39, 0.29) is 5.78 Å². The van der Waals surface area contributed by atoms with E-state index in [1.54, 1.807) is 6.92 Å². The van der Waals surface area contributed by atoms with Gasteiger partial charge in [0.25, 0.3) is 0 Å². The molecule has 1 nitrogen and oxygen atoms in total. The minimum Gasteiger partial charge on any atom is -0.295 e. The van der Waals surface area contributed by atoms with Gasteiger partial charge in [-0.1, -0.05) is 58.4 Å². The van der Waals surface area contributed by atoms with E-state index < -0.39 is 0 Å². The maximum Gasteiger partial charge on any atom is 0.157 e. The van der Waals surface area contributed by atoms with Crippen LogP contribution in [0.2, 0.25) is 0 Å². The SMILES string of the molecule is [CH2]CCCCCCCCCC(=O)C(=C)C. The average Bonchev–Trinajstić information content (AvgIpc) is 2.21. The van der Waals surface area contributed by atoms with Gasteiger partial charge in [-0.15, -0.1) is 0 Å². The lowest BCUT2D eigenvalue weighted by Gasteiger charge is -2.01. The molecule has 1 heteroatoms. The monoisotopic (exact) mass is 209 g/mol. The highest BCUT2D eigenvalue weighted by atomic mass is 16.1. The molecule has 0 aromatic heterocycles. The number of hydrogen-bond donors (Lipinski definition) is 0. The van der Waals surface area contributed by atoms with Crippen molar-refractivity contribution in [3.05, 3.63) is 19.1 Å². The summed E-state index contributed by atoms with van der Waals surface area (Å²) in [6.07, 6.45) is 10.4. The highest BCUT2D eigenvalue weighted by Crippen LogP contribution is 2.10. The third-order valence-electron chi connectivity index (χ3n) is 2.63. The van der Waals surface area contributed by atoms with Crippen LogP contribution in [0.4, 0.5) is 0 Å². The predicted octanol–water partition coefficient (Wildman–Crippen LogP) is 4.48. The molecule has 0 aliphatic heterocycles. The molecule has 87 valence electrons. The van der Waals surface area contributed by atoms with Crippen LogP contribution < -0.4 is 0 Å². The molecule has 0 spiro atoms. The Morgan fingerprint density at radius 3 is 1.87 bits per heavy atom. The second kappa shape index (κ2) is 9.95. The molecule has 1 radical (unpaired) electrons. The van der Waals surface area contributed by atoms with E-state index in [0.29, 0.717) is 12.0 Å². The van der Waals surface area contributed by atoms with Gasteiger partial charge >= 0.3 is 0 Å². The van der Waals surface area contributed by atoms with Crippen LogP contribution in [0.1, 0.15) is 64.7 Å². The summed E-state index contributed by atoms with van der Waals surface area (Å²) < 4.78 is 0. The number of rotatable bonds is 10. The number of carbonyl (C=O) groups is 1. The van der Waals surface area contributed by atoms with E-state index in [0.717, 1.165) is 12.8 Å². The zero-order valence-corrected chi connectivity index (χ0v) is 10.2. The molecule has 0 aromatic carbocycles. The standard InChI is InChI=1S/C14H25O/c1-4-5-6-7-8-9-10-11-12-14(15)13(2)3/h1-2,4-12H2,3H3. The fourth-order valence-electron chi connectivity index (χ4n) is 1.56. The first kappa shape index (κ1) is 14.4. The molecular formula is C14H25O. The zero-order chi connectivity index (χ0) is 11.5. The third-order valence-corrected chi connectivity index (χ3v) is 2.63. The minimum absolute atomic E-state index is 0.229. The maximum absolute atomic E-state index is 11.2. The molecule has 0 bridgehead atoms. The van der Waals surface area contributed by atoms with Crippen LogP contribution in [0.15, 0.2) is 12.2 Å². The molecule has 0 N–H and O–H groups in total. The Morgan fingerprint density at radius 2 is 1.40 bits per heavy atom. The van der Waals surface area contributed by atoms with Crippen LogP contribution >= 0.6 is 0 Å². The van der Waals surface area contributed by atoms with Gasteiger partial charge in [0.15, 0.2) is 5.78 Å². The van der Waals surface area contributed by atoms with E-state index in [9.17, 15) is 4.79 Å². The Morgan fingerprint density at radius 1 is 0.933 bits per heavy atom. The van der Waals surface area contributed by atoms with Gasteiger partial charge in [-0.3, -0.25) is 4.79 Å². The molecular weight excluding hydrogens is 184 g/mol. The molecule has 0 aliphatic carbocycles. The number of hydrogen-bond acceptors (Lipinski definition) is 1. The predicted molar refractivity (Wildman–Crippen MR) is 66.7 cm³/mol. The number of carbonyl (C=O) groups excluding carboxylic acids is 1. The Labute approximate surface area is 95.0 Å². The van der Waals surface area contributed by atoms with Crippen molar-refractivity contribution in [1.29, 1.82) is 0 Å². The van der Waals surface area contributed by atoms with Gasteiger partial charge in [0.05, 0.1) is 0 Å². The van der Waals surface area contributed by atoms with Crippen LogP contribution in [-0.4, -0.2) is 5.78 Å². The van der Waals surface area contributed by atoms with Crippen LogP contribution in [0.5, 0.6) is 0 Å². The average molecular weight is 209 g/mol. The highest BCUT2D eigenvalue weighted by molar-refractivity contribution is 5.93. The molecule has 0 rings (SSSR count). The van der Waals surface area contributed by atoms with Crippen molar-refractivity contribution in [1.82, 2.24) is 0 Å². The molecule has 0 saturated carbocycles. The minimum atomic E-state index is 0.229. The number of unbranched alkanes of at least 4 members (excludes halogenated alkanes) is 7. The van der Waals surface area contributed by atoms with Gasteiger partial charge in [0.2, 0.25) is 0 Å². The highest BCUT2D eigenvalue weighted by Gasteiger charge is 2.00. The summed E-state index contributed by atoms with van der Waals surface area (Å²) in [5, 5.41) is 0. The zero-order valence-electron chi connectivity index (χ0n) is 10.2. The Hall–Kier alpha value is -0.590. The first-order chi connectivity index (χ1) is 7.18. The molecule has 0 unspecified atom stereocenters. The van der Waals surface area contributed by atoms with Gasteiger partial charge in [0.1, 0.15) is 0 Å². The first-order valence-corrected chi connectivity index (χ1v) is 6.16. The molecule has 15 heavy (non-hydrogen) atoms. The smallest absolute Gasteiger partial charge is 0.157 e. The summed E-state index contributed by atoms with van der Waals surface area (Å²) in [4.78, 5) is 11.2. The van der Waals surface area contributed by atoms with Crippen molar-refractivity contribution < 1.29 is 4.79 Å². The van der Waals surface area contributed by atoms with Gasteiger partial charge in [-0.05, 0) is 18.9 Å². The van der Waals surface area contributed by atoms with E-state index in [2.05, 4.69) is 13.5 Å². The maximum atomic E-state index is 11.2. The fraction of sp³-hybridized carbons (Fsp3) is 0.714. The molecule has 0 atom stereocenters. The molecule has 0 aromatic rings. The number of ketones is 1. The van der Waals surface area contributed by atoms with E-state index >= 15 is 0 Å². The number of allylic oxidation sites excluding steroid dienone is 1. The third kappa shape index (κ3) is 9.71.